The lowest BCUT2D eigenvalue weighted by Gasteiger charge is -2.20. The Morgan fingerprint density at radius 2 is 1.95 bits per heavy atom. The van der Waals surface area contributed by atoms with Crippen LogP contribution >= 0.6 is 11.3 Å². The van der Waals surface area contributed by atoms with E-state index in [0.717, 1.165) is 18.1 Å². The smallest absolute Gasteiger partial charge is 0.350 e. The van der Waals surface area contributed by atoms with Crippen molar-refractivity contribution >= 4 is 28.0 Å². The molecule has 0 saturated heterocycles. The van der Waals surface area contributed by atoms with Crippen LogP contribution in [0, 0.1) is 0 Å². The fourth-order valence-corrected chi connectivity index (χ4v) is 2.74. The molecule has 0 aliphatic carbocycles. The van der Waals surface area contributed by atoms with Gasteiger partial charge in [-0.1, -0.05) is 0 Å². The Morgan fingerprint density at radius 3 is 2.45 bits per heavy atom. The topological polar surface area (TPSA) is 68.0 Å². The van der Waals surface area contributed by atoms with E-state index in [1.165, 1.54) is 11.3 Å². The van der Waals surface area contributed by atoms with Crippen molar-refractivity contribution in [2.45, 2.75) is 6.92 Å². The third kappa shape index (κ3) is 3.77. The molecule has 0 aromatic carbocycles. The van der Waals surface area contributed by atoms with Crippen LogP contribution < -0.4 is 15.4 Å². The Kier molecular flexibility index (Phi) is 6.09. The molecule has 6 nitrogen and oxygen atoms in total. The number of carbonyl (C=O) groups is 1. The van der Waals surface area contributed by atoms with Crippen LogP contribution in [0.25, 0.3) is 0 Å². The van der Waals surface area contributed by atoms with Crippen LogP contribution in [0.15, 0.2) is 0 Å². The molecule has 0 bridgehead atoms. The van der Waals surface area contributed by atoms with E-state index in [2.05, 4.69) is 4.90 Å². The number of hydrogen-bond acceptors (Lipinski definition) is 7. The highest BCUT2D eigenvalue weighted by Crippen LogP contribution is 2.44. The standard InChI is InChI=1S/C13H23N3O3S/c1-6-19-13(17)11-9(14)10(18-5)12(20-11)16(4)8-7-15(2)3/h6-8,14H2,1-5H3. The van der Waals surface area contributed by atoms with Crippen LogP contribution in [0.1, 0.15) is 16.6 Å². The van der Waals surface area contributed by atoms with Gasteiger partial charge in [-0.2, -0.15) is 0 Å². The number of nitrogens with two attached hydrogens (primary N) is 1. The summed E-state index contributed by atoms with van der Waals surface area (Å²) in [5.41, 5.74) is 6.34. The molecule has 0 unspecified atom stereocenters. The zero-order valence-electron chi connectivity index (χ0n) is 12.7. The highest BCUT2D eigenvalue weighted by atomic mass is 32.1. The molecule has 0 spiro atoms. The Balaban J connectivity index is 3.01. The number of esters is 1. The molecule has 114 valence electrons. The van der Waals surface area contributed by atoms with Crippen molar-refractivity contribution < 1.29 is 14.3 Å². The van der Waals surface area contributed by atoms with Crippen molar-refractivity contribution in [2.24, 2.45) is 0 Å². The maximum absolute atomic E-state index is 11.9. The minimum atomic E-state index is -0.402. The number of anilines is 2. The van der Waals surface area contributed by atoms with Crippen molar-refractivity contribution in [3.05, 3.63) is 4.88 Å². The number of ether oxygens (including phenoxy) is 2. The zero-order valence-corrected chi connectivity index (χ0v) is 13.5. The second kappa shape index (κ2) is 7.35. The van der Waals surface area contributed by atoms with Crippen molar-refractivity contribution in [2.75, 3.05) is 58.6 Å². The van der Waals surface area contributed by atoms with Gasteiger partial charge in [0.1, 0.15) is 15.6 Å². The summed E-state index contributed by atoms with van der Waals surface area (Å²) >= 11 is 1.30. The molecule has 7 heteroatoms. The highest BCUT2D eigenvalue weighted by Gasteiger charge is 2.24. The van der Waals surface area contributed by atoms with E-state index in [1.54, 1.807) is 14.0 Å². The number of rotatable bonds is 7. The number of methoxy groups -OCH3 is 1. The van der Waals surface area contributed by atoms with Gasteiger partial charge in [0.25, 0.3) is 0 Å². The number of carbonyl (C=O) groups excluding carboxylic acids is 1. The minimum Gasteiger partial charge on any atom is -0.492 e. The second-order valence-electron chi connectivity index (χ2n) is 4.63. The number of likely N-dealkylation sites (N-methyl/N-ethyl adjacent to an activating group) is 2. The molecule has 0 amide bonds. The SMILES string of the molecule is CCOC(=O)c1sc(N(C)CCN(C)C)c(OC)c1N. The van der Waals surface area contributed by atoms with E-state index in [4.69, 9.17) is 15.2 Å². The normalized spacial score (nSPS) is 10.7. The van der Waals surface area contributed by atoms with E-state index in [1.807, 2.05) is 26.0 Å². The first kappa shape index (κ1) is 16.6. The van der Waals surface area contributed by atoms with Crippen LogP contribution in [-0.4, -0.2) is 58.8 Å². The van der Waals surface area contributed by atoms with E-state index in [-0.39, 0.29) is 0 Å². The van der Waals surface area contributed by atoms with Gasteiger partial charge >= 0.3 is 5.97 Å². The molecule has 0 aliphatic heterocycles. The Labute approximate surface area is 124 Å². The maximum atomic E-state index is 11.9. The van der Waals surface area contributed by atoms with E-state index >= 15 is 0 Å². The molecular weight excluding hydrogens is 278 g/mol. The van der Waals surface area contributed by atoms with Gasteiger partial charge in [0.2, 0.25) is 0 Å². The van der Waals surface area contributed by atoms with Crippen LogP contribution in [-0.2, 0) is 4.74 Å². The highest BCUT2D eigenvalue weighted by molar-refractivity contribution is 7.19. The first-order chi connectivity index (χ1) is 9.42. The average Bonchev–Trinajstić information content (AvgIpc) is 2.73. The summed E-state index contributed by atoms with van der Waals surface area (Å²) in [6.07, 6.45) is 0. The molecule has 1 rings (SSSR count). The summed E-state index contributed by atoms with van der Waals surface area (Å²) in [5.74, 6) is 0.139. The van der Waals surface area contributed by atoms with E-state index in [9.17, 15) is 4.79 Å². The molecule has 0 radical (unpaired) electrons. The molecule has 1 heterocycles. The minimum absolute atomic E-state index is 0.324. The average molecular weight is 301 g/mol. The molecule has 20 heavy (non-hydrogen) atoms. The van der Waals surface area contributed by atoms with Gasteiger partial charge in [-0.15, -0.1) is 11.3 Å². The fraction of sp³-hybridized carbons (Fsp3) is 0.615. The number of thiophene rings is 1. The molecule has 0 fully saturated rings. The van der Waals surface area contributed by atoms with Crippen LogP contribution in [0.5, 0.6) is 5.75 Å². The number of hydrogen-bond donors (Lipinski definition) is 1. The summed E-state index contributed by atoms with van der Waals surface area (Å²) in [4.78, 5) is 16.4. The summed E-state index contributed by atoms with van der Waals surface area (Å²) < 4.78 is 10.3. The predicted molar refractivity (Wildman–Crippen MR) is 83.1 cm³/mol. The molecule has 1 aromatic heterocycles. The van der Waals surface area contributed by atoms with Gasteiger partial charge in [0.15, 0.2) is 5.75 Å². The quantitative estimate of drug-likeness (QED) is 0.770. The first-order valence-electron chi connectivity index (χ1n) is 6.41. The predicted octanol–water partition coefficient (Wildman–Crippen LogP) is 1.51. The lowest BCUT2D eigenvalue weighted by atomic mass is 10.3. The molecule has 2 N–H and O–H groups in total. The van der Waals surface area contributed by atoms with Gasteiger partial charge in [-0.05, 0) is 21.0 Å². The van der Waals surface area contributed by atoms with Crippen molar-refractivity contribution in [1.82, 2.24) is 4.90 Å². The monoisotopic (exact) mass is 301 g/mol. The van der Waals surface area contributed by atoms with E-state index < -0.39 is 5.97 Å². The van der Waals surface area contributed by atoms with Crippen molar-refractivity contribution in [3.8, 4) is 5.75 Å². The zero-order chi connectivity index (χ0) is 15.3. The number of nitrogens with zero attached hydrogens (tertiary/aromatic N) is 2. The van der Waals surface area contributed by atoms with Gasteiger partial charge in [-0.25, -0.2) is 4.79 Å². The molecule has 0 atom stereocenters. The summed E-state index contributed by atoms with van der Waals surface area (Å²) in [6, 6.07) is 0. The third-order valence-electron chi connectivity index (χ3n) is 2.78. The number of nitrogen functional groups attached to an aromatic ring is 1. The van der Waals surface area contributed by atoms with Gasteiger partial charge in [0.05, 0.1) is 13.7 Å². The largest absolute Gasteiger partial charge is 0.492 e. The van der Waals surface area contributed by atoms with Crippen LogP contribution in [0.2, 0.25) is 0 Å². The van der Waals surface area contributed by atoms with E-state index in [0.29, 0.717) is 22.9 Å². The fourth-order valence-electron chi connectivity index (χ4n) is 1.66. The summed E-state index contributed by atoms with van der Waals surface area (Å²) in [6.45, 7) is 3.80. The second-order valence-corrected chi connectivity index (χ2v) is 5.63. The lowest BCUT2D eigenvalue weighted by molar-refractivity contribution is 0.0533. The third-order valence-corrected chi connectivity index (χ3v) is 4.06. The van der Waals surface area contributed by atoms with Gasteiger partial charge < -0.3 is 25.0 Å². The van der Waals surface area contributed by atoms with Crippen molar-refractivity contribution in [3.63, 3.8) is 0 Å². The Morgan fingerprint density at radius 1 is 1.30 bits per heavy atom. The van der Waals surface area contributed by atoms with Crippen molar-refractivity contribution in [1.29, 1.82) is 0 Å². The first-order valence-corrected chi connectivity index (χ1v) is 7.23. The maximum Gasteiger partial charge on any atom is 0.350 e. The summed E-state index contributed by atoms with van der Waals surface area (Å²) in [7, 11) is 7.53. The van der Waals surface area contributed by atoms with Gasteiger partial charge in [-0.3, -0.25) is 0 Å². The van der Waals surface area contributed by atoms with Crippen LogP contribution in [0.4, 0.5) is 10.7 Å². The lowest BCUT2D eigenvalue weighted by Crippen LogP contribution is -2.28. The molecule has 0 aliphatic rings. The van der Waals surface area contributed by atoms with Crippen LogP contribution in [0.3, 0.4) is 0 Å². The Hall–Kier alpha value is -1.47. The molecule has 0 saturated carbocycles. The summed E-state index contributed by atoms with van der Waals surface area (Å²) in [5, 5.41) is 0.843. The molecular formula is C13H23N3O3S. The van der Waals surface area contributed by atoms with Gasteiger partial charge in [0, 0.05) is 20.1 Å². The Bertz CT molecular complexity index is 460. The molecule has 1 aromatic rings.